The average Bonchev–Trinajstić information content (AvgIpc) is 3.15. The first-order valence-corrected chi connectivity index (χ1v) is 8.34. The summed E-state index contributed by atoms with van der Waals surface area (Å²) < 4.78 is 0. The molecule has 3 rings (SSSR count). The zero-order valence-corrected chi connectivity index (χ0v) is 13.9. The molecular weight excluding hydrogens is 318 g/mol. The van der Waals surface area contributed by atoms with Crippen LogP contribution in [0.25, 0.3) is 0 Å². The molecule has 2 amide bonds. The number of nitrogens with zero attached hydrogens (tertiary/aromatic N) is 1. The number of rotatable bonds is 5. The zero-order valence-electron chi connectivity index (χ0n) is 13.9. The Kier molecular flexibility index (Phi) is 5.18. The molecule has 1 heterocycles. The monoisotopic (exact) mass is 339 g/mol. The largest absolute Gasteiger partial charge is 0.478 e. The number of aromatic carboxylic acids is 1. The number of carboxylic acids is 1. The molecule has 6 nitrogen and oxygen atoms in total. The van der Waals surface area contributed by atoms with Gasteiger partial charge >= 0.3 is 12.0 Å². The summed E-state index contributed by atoms with van der Waals surface area (Å²) in [7, 11) is 0. The van der Waals surface area contributed by atoms with Gasteiger partial charge in [-0.25, -0.2) is 9.59 Å². The number of carbonyl (C=O) groups excluding carboxylic acids is 1. The first-order chi connectivity index (χ1) is 12.1. The molecule has 1 fully saturated rings. The Morgan fingerprint density at radius 2 is 1.68 bits per heavy atom. The molecule has 0 aliphatic carbocycles. The van der Waals surface area contributed by atoms with Gasteiger partial charge in [0.1, 0.15) is 0 Å². The number of nitrogens with one attached hydrogen (secondary N) is 2. The van der Waals surface area contributed by atoms with E-state index in [1.165, 1.54) is 25.0 Å². The molecule has 25 heavy (non-hydrogen) atoms. The Morgan fingerprint density at radius 1 is 1.00 bits per heavy atom. The van der Waals surface area contributed by atoms with E-state index in [1.54, 1.807) is 12.1 Å². The summed E-state index contributed by atoms with van der Waals surface area (Å²) in [5, 5.41) is 14.6. The molecule has 0 aromatic heterocycles. The van der Waals surface area contributed by atoms with Crippen molar-refractivity contribution in [1.82, 2.24) is 5.32 Å². The summed E-state index contributed by atoms with van der Waals surface area (Å²) in [4.78, 5) is 25.3. The number of carboxylic acid groups (broad SMARTS) is 1. The summed E-state index contributed by atoms with van der Waals surface area (Å²) >= 11 is 0. The van der Waals surface area contributed by atoms with Crippen LogP contribution in [0.15, 0.2) is 48.5 Å². The van der Waals surface area contributed by atoms with Gasteiger partial charge in [-0.2, -0.15) is 0 Å². The Morgan fingerprint density at radius 3 is 2.36 bits per heavy atom. The van der Waals surface area contributed by atoms with E-state index in [2.05, 4.69) is 15.5 Å². The van der Waals surface area contributed by atoms with Crippen LogP contribution in [0.5, 0.6) is 0 Å². The number of urea groups is 1. The number of carbonyl (C=O) groups is 2. The smallest absolute Gasteiger partial charge is 0.335 e. The Bertz CT molecular complexity index is 753. The summed E-state index contributed by atoms with van der Waals surface area (Å²) in [6.07, 6.45) is 2.35. The highest BCUT2D eigenvalue weighted by molar-refractivity contribution is 5.93. The molecule has 1 saturated heterocycles. The van der Waals surface area contributed by atoms with Crippen molar-refractivity contribution in [3.63, 3.8) is 0 Å². The third-order valence-electron chi connectivity index (χ3n) is 4.25. The SMILES string of the molecule is O=C(NCc1ccc(C(=O)O)cc1)Nc1ccccc1N1CCCC1. The quantitative estimate of drug-likeness (QED) is 0.780. The highest BCUT2D eigenvalue weighted by atomic mass is 16.4. The molecule has 1 aliphatic rings. The fraction of sp³-hybridized carbons (Fsp3) is 0.263. The van der Waals surface area contributed by atoms with Crippen LogP contribution in [0, 0.1) is 0 Å². The average molecular weight is 339 g/mol. The minimum Gasteiger partial charge on any atom is -0.478 e. The van der Waals surface area contributed by atoms with E-state index in [0.717, 1.165) is 30.0 Å². The van der Waals surface area contributed by atoms with Crippen molar-refractivity contribution in [1.29, 1.82) is 0 Å². The van der Waals surface area contributed by atoms with E-state index in [9.17, 15) is 9.59 Å². The molecule has 2 aromatic rings. The lowest BCUT2D eigenvalue weighted by Gasteiger charge is -2.21. The van der Waals surface area contributed by atoms with Crippen LogP contribution < -0.4 is 15.5 Å². The van der Waals surface area contributed by atoms with Gasteiger partial charge in [-0.3, -0.25) is 0 Å². The van der Waals surface area contributed by atoms with Gasteiger partial charge in [0.2, 0.25) is 0 Å². The van der Waals surface area contributed by atoms with Gasteiger partial charge in [-0.15, -0.1) is 0 Å². The molecule has 0 unspecified atom stereocenters. The maximum atomic E-state index is 12.2. The summed E-state index contributed by atoms with van der Waals surface area (Å²) in [6, 6.07) is 14.0. The van der Waals surface area contributed by atoms with E-state index >= 15 is 0 Å². The van der Waals surface area contributed by atoms with Crippen molar-refractivity contribution in [2.24, 2.45) is 0 Å². The van der Waals surface area contributed by atoms with Crippen LogP contribution in [0.4, 0.5) is 16.2 Å². The van der Waals surface area contributed by atoms with Gasteiger partial charge in [0.15, 0.2) is 0 Å². The Hall–Kier alpha value is -3.02. The number of amides is 2. The second-order valence-electron chi connectivity index (χ2n) is 6.02. The number of anilines is 2. The van der Waals surface area contributed by atoms with Crippen LogP contribution >= 0.6 is 0 Å². The molecule has 0 radical (unpaired) electrons. The van der Waals surface area contributed by atoms with Gasteiger partial charge in [-0.1, -0.05) is 24.3 Å². The van der Waals surface area contributed by atoms with Crippen molar-refractivity contribution in [2.45, 2.75) is 19.4 Å². The lowest BCUT2D eigenvalue weighted by atomic mass is 10.1. The standard InChI is InChI=1S/C19H21N3O3/c23-18(24)15-9-7-14(8-10-15)13-20-19(25)21-16-5-1-2-6-17(16)22-11-3-4-12-22/h1-2,5-10H,3-4,11-13H2,(H,23,24)(H2,20,21,25). The molecule has 3 N–H and O–H groups in total. The predicted molar refractivity (Wildman–Crippen MR) is 97.1 cm³/mol. The van der Waals surface area contributed by atoms with Gasteiger partial charge in [0, 0.05) is 19.6 Å². The van der Waals surface area contributed by atoms with Crippen molar-refractivity contribution < 1.29 is 14.7 Å². The lowest BCUT2D eigenvalue weighted by Crippen LogP contribution is -2.29. The molecule has 0 bridgehead atoms. The molecule has 1 aliphatic heterocycles. The number of hydrogen-bond donors (Lipinski definition) is 3. The zero-order chi connectivity index (χ0) is 17.6. The summed E-state index contributed by atoms with van der Waals surface area (Å²) in [5.74, 6) is -0.962. The second kappa shape index (κ2) is 7.70. The van der Waals surface area contributed by atoms with Gasteiger partial charge in [0.25, 0.3) is 0 Å². The van der Waals surface area contributed by atoms with E-state index in [4.69, 9.17) is 5.11 Å². The summed E-state index contributed by atoms with van der Waals surface area (Å²) in [6.45, 7) is 2.35. The maximum Gasteiger partial charge on any atom is 0.335 e. The number of hydrogen-bond acceptors (Lipinski definition) is 3. The van der Waals surface area contributed by atoms with Crippen LogP contribution in [0.2, 0.25) is 0 Å². The Balaban J connectivity index is 1.58. The minimum atomic E-state index is -0.962. The van der Waals surface area contributed by atoms with E-state index in [0.29, 0.717) is 6.54 Å². The normalized spacial score (nSPS) is 13.5. The molecule has 6 heteroatoms. The fourth-order valence-corrected chi connectivity index (χ4v) is 2.93. The highest BCUT2D eigenvalue weighted by Crippen LogP contribution is 2.28. The van der Waals surface area contributed by atoms with Crippen molar-refractivity contribution in [3.8, 4) is 0 Å². The maximum absolute atomic E-state index is 12.2. The Labute approximate surface area is 146 Å². The molecule has 2 aromatic carbocycles. The van der Waals surface area contributed by atoms with E-state index in [1.807, 2.05) is 24.3 Å². The topological polar surface area (TPSA) is 81.7 Å². The van der Waals surface area contributed by atoms with Crippen LogP contribution in [-0.2, 0) is 6.54 Å². The lowest BCUT2D eigenvalue weighted by molar-refractivity contribution is 0.0697. The third kappa shape index (κ3) is 4.29. The molecule has 0 atom stereocenters. The summed E-state index contributed by atoms with van der Waals surface area (Å²) in [5.41, 5.74) is 2.91. The minimum absolute atomic E-state index is 0.229. The van der Waals surface area contributed by atoms with E-state index < -0.39 is 5.97 Å². The fourth-order valence-electron chi connectivity index (χ4n) is 2.93. The van der Waals surface area contributed by atoms with Gasteiger partial charge in [-0.05, 0) is 42.7 Å². The van der Waals surface area contributed by atoms with Crippen molar-refractivity contribution >= 4 is 23.4 Å². The third-order valence-corrected chi connectivity index (χ3v) is 4.25. The first kappa shape index (κ1) is 16.8. The predicted octanol–water partition coefficient (Wildman–Crippen LogP) is 3.31. The van der Waals surface area contributed by atoms with Crippen molar-refractivity contribution in [2.75, 3.05) is 23.3 Å². The number of benzene rings is 2. The van der Waals surface area contributed by atoms with Gasteiger partial charge < -0.3 is 20.6 Å². The second-order valence-corrected chi connectivity index (χ2v) is 6.02. The number of para-hydroxylation sites is 2. The van der Waals surface area contributed by atoms with Gasteiger partial charge in [0.05, 0.1) is 16.9 Å². The molecular formula is C19H21N3O3. The molecule has 0 spiro atoms. The first-order valence-electron chi connectivity index (χ1n) is 8.34. The van der Waals surface area contributed by atoms with E-state index in [-0.39, 0.29) is 11.6 Å². The molecule has 130 valence electrons. The van der Waals surface area contributed by atoms with Crippen LogP contribution in [-0.4, -0.2) is 30.2 Å². The van der Waals surface area contributed by atoms with Crippen molar-refractivity contribution in [3.05, 3.63) is 59.7 Å². The molecule has 0 saturated carbocycles. The van der Waals surface area contributed by atoms with Crippen LogP contribution in [0.1, 0.15) is 28.8 Å². The highest BCUT2D eigenvalue weighted by Gasteiger charge is 2.16. The van der Waals surface area contributed by atoms with Crippen LogP contribution in [0.3, 0.4) is 0 Å².